The summed E-state index contributed by atoms with van der Waals surface area (Å²) in [4.78, 5) is 16.8. The maximum absolute atomic E-state index is 12.3. The van der Waals surface area contributed by atoms with Gasteiger partial charge in [-0.05, 0) is 35.9 Å². The van der Waals surface area contributed by atoms with Crippen molar-refractivity contribution in [3.63, 3.8) is 0 Å². The quantitative estimate of drug-likeness (QED) is 0.587. The summed E-state index contributed by atoms with van der Waals surface area (Å²) < 4.78 is 7.94. The van der Waals surface area contributed by atoms with Gasteiger partial charge in [-0.2, -0.15) is 5.10 Å². The highest BCUT2D eigenvalue weighted by atomic mass is 32.1. The first-order valence-electron chi connectivity index (χ1n) is 8.05. The van der Waals surface area contributed by atoms with E-state index in [1.807, 2.05) is 54.7 Å². The van der Waals surface area contributed by atoms with E-state index in [2.05, 4.69) is 15.4 Å². The molecule has 6 nitrogen and oxygen atoms in total. The second kappa shape index (κ2) is 6.97. The lowest BCUT2D eigenvalue weighted by Gasteiger charge is -2.00. The predicted molar refractivity (Wildman–Crippen MR) is 102 cm³/mol. The molecular weight excluding hydrogens is 348 g/mol. The fraction of sp³-hybridized carbons (Fsp3) is 0.105. The number of aromatic nitrogens is 3. The van der Waals surface area contributed by atoms with Crippen molar-refractivity contribution in [3.8, 4) is 11.4 Å². The highest BCUT2D eigenvalue weighted by Crippen LogP contribution is 2.29. The summed E-state index contributed by atoms with van der Waals surface area (Å²) in [7, 11) is 1.63. The first kappa shape index (κ1) is 16.3. The molecule has 2 aromatic heterocycles. The molecule has 0 saturated carbocycles. The minimum absolute atomic E-state index is 0.122. The third kappa shape index (κ3) is 3.43. The number of hydrogen-bond donors (Lipinski definition) is 1. The van der Waals surface area contributed by atoms with Gasteiger partial charge in [0.1, 0.15) is 5.75 Å². The molecule has 7 heteroatoms. The molecule has 0 fully saturated rings. The van der Waals surface area contributed by atoms with Gasteiger partial charge in [-0.1, -0.05) is 29.5 Å². The Morgan fingerprint density at radius 1 is 1.23 bits per heavy atom. The molecule has 26 heavy (non-hydrogen) atoms. The average Bonchev–Trinajstić information content (AvgIpc) is 3.28. The Morgan fingerprint density at radius 2 is 2.08 bits per heavy atom. The summed E-state index contributed by atoms with van der Waals surface area (Å²) in [6.07, 6.45) is 3.81. The summed E-state index contributed by atoms with van der Waals surface area (Å²) in [6.45, 7) is 0. The van der Waals surface area contributed by atoms with Gasteiger partial charge in [-0.3, -0.25) is 4.79 Å². The lowest BCUT2D eigenvalue weighted by Crippen LogP contribution is -2.13. The molecule has 0 atom stereocenters. The maximum atomic E-state index is 12.3. The zero-order valence-corrected chi connectivity index (χ0v) is 14.9. The fourth-order valence-corrected chi connectivity index (χ4v) is 3.52. The number of benzene rings is 2. The summed E-state index contributed by atoms with van der Waals surface area (Å²) in [6, 6.07) is 15.4. The number of para-hydroxylation sites is 1. The maximum Gasteiger partial charge on any atom is 0.230 e. The largest absolute Gasteiger partial charge is 0.497 e. The summed E-state index contributed by atoms with van der Waals surface area (Å²) in [5, 5.41) is 7.74. The van der Waals surface area contributed by atoms with Gasteiger partial charge < -0.3 is 10.1 Å². The number of carbonyl (C=O) groups excluding carboxylic acids is 1. The molecule has 130 valence electrons. The number of methoxy groups -OCH3 is 1. The standard InChI is InChI=1S/C19H16N4O2S/c1-25-15-7-8-16-17(10-15)26-19(21-16)22-18(24)9-13-11-20-23(12-13)14-5-3-2-4-6-14/h2-8,10-12H,9H2,1H3,(H,21,22,24). The van der Waals surface area contributed by atoms with Crippen molar-refractivity contribution >= 4 is 32.6 Å². The molecule has 2 heterocycles. The number of carbonyl (C=O) groups is 1. The molecule has 4 rings (SSSR count). The first-order valence-corrected chi connectivity index (χ1v) is 8.86. The van der Waals surface area contributed by atoms with E-state index in [4.69, 9.17) is 4.74 Å². The first-order chi connectivity index (χ1) is 12.7. The van der Waals surface area contributed by atoms with Crippen LogP contribution in [0.3, 0.4) is 0 Å². The van der Waals surface area contributed by atoms with Gasteiger partial charge in [0.25, 0.3) is 0 Å². The van der Waals surface area contributed by atoms with Gasteiger partial charge in [0, 0.05) is 6.20 Å². The minimum Gasteiger partial charge on any atom is -0.497 e. The Balaban J connectivity index is 1.45. The number of ether oxygens (including phenoxy) is 1. The lowest BCUT2D eigenvalue weighted by atomic mass is 10.2. The zero-order chi connectivity index (χ0) is 17.9. The second-order valence-electron chi connectivity index (χ2n) is 5.71. The third-order valence-corrected chi connectivity index (χ3v) is 4.80. The Morgan fingerprint density at radius 3 is 2.88 bits per heavy atom. The van der Waals surface area contributed by atoms with Crippen molar-refractivity contribution < 1.29 is 9.53 Å². The molecule has 0 aliphatic carbocycles. The van der Waals surface area contributed by atoms with Crippen molar-refractivity contribution in [2.24, 2.45) is 0 Å². The number of anilines is 1. The highest BCUT2D eigenvalue weighted by molar-refractivity contribution is 7.22. The van der Waals surface area contributed by atoms with Gasteiger partial charge in [0.2, 0.25) is 5.91 Å². The summed E-state index contributed by atoms with van der Waals surface area (Å²) in [5.74, 6) is 0.649. The minimum atomic E-state index is -0.122. The summed E-state index contributed by atoms with van der Waals surface area (Å²) >= 11 is 1.42. The van der Waals surface area contributed by atoms with E-state index in [1.54, 1.807) is 18.0 Å². The Labute approximate surface area is 154 Å². The van der Waals surface area contributed by atoms with E-state index in [-0.39, 0.29) is 12.3 Å². The van der Waals surface area contributed by atoms with Gasteiger partial charge in [-0.25, -0.2) is 9.67 Å². The van der Waals surface area contributed by atoms with E-state index in [0.717, 1.165) is 27.2 Å². The number of thiazole rings is 1. The Kier molecular flexibility index (Phi) is 4.37. The fourth-order valence-electron chi connectivity index (χ4n) is 2.61. The summed E-state index contributed by atoms with van der Waals surface area (Å²) in [5.41, 5.74) is 2.64. The number of amides is 1. The van der Waals surface area contributed by atoms with Crippen molar-refractivity contribution in [2.45, 2.75) is 6.42 Å². The van der Waals surface area contributed by atoms with Crippen LogP contribution in [0.1, 0.15) is 5.56 Å². The number of fused-ring (bicyclic) bond motifs is 1. The zero-order valence-electron chi connectivity index (χ0n) is 14.0. The van der Waals surface area contributed by atoms with E-state index in [9.17, 15) is 4.79 Å². The molecule has 0 saturated heterocycles. The lowest BCUT2D eigenvalue weighted by molar-refractivity contribution is -0.115. The van der Waals surface area contributed by atoms with Crippen molar-refractivity contribution in [2.75, 3.05) is 12.4 Å². The topological polar surface area (TPSA) is 69.0 Å². The van der Waals surface area contributed by atoms with Crippen LogP contribution < -0.4 is 10.1 Å². The Bertz CT molecular complexity index is 1060. The van der Waals surface area contributed by atoms with Crippen LogP contribution >= 0.6 is 11.3 Å². The van der Waals surface area contributed by atoms with Gasteiger partial charge in [0.15, 0.2) is 5.13 Å². The second-order valence-corrected chi connectivity index (χ2v) is 6.74. The Hall–Kier alpha value is -3.19. The molecule has 0 aliphatic heterocycles. The average molecular weight is 364 g/mol. The number of nitrogens with one attached hydrogen (secondary N) is 1. The van der Waals surface area contributed by atoms with Crippen LogP contribution in [0.15, 0.2) is 60.9 Å². The van der Waals surface area contributed by atoms with E-state index in [0.29, 0.717) is 5.13 Å². The van der Waals surface area contributed by atoms with Crippen LogP contribution in [0.4, 0.5) is 5.13 Å². The molecule has 1 N–H and O–H groups in total. The molecule has 0 bridgehead atoms. The SMILES string of the molecule is COc1ccc2nc(NC(=O)Cc3cnn(-c4ccccc4)c3)sc2c1. The predicted octanol–water partition coefficient (Wildman–Crippen LogP) is 3.67. The molecule has 0 aliphatic rings. The number of rotatable bonds is 5. The monoisotopic (exact) mass is 364 g/mol. The van der Waals surface area contributed by atoms with E-state index in [1.165, 1.54) is 11.3 Å². The molecule has 0 radical (unpaired) electrons. The van der Waals surface area contributed by atoms with Gasteiger partial charge in [0.05, 0.1) is 35.6 Å². The van der Waals surface area contributed by atoms with Crippen LogP contribution in [0.2, 0.25) is 0 Å². The van der Waals surface area contributed by atoms with Gasteiger partial charge >= 0.3 is 0 Å². The molecule has 1 amide bonds. The number of nitrogens with zero attached hydrogens (tertiary/aromatic N) is 3. The molecule has 4 aromatic rings. The number of hydrogen-bond acceptors (Lipinski definition) is 5. The normalized spacial score (nSPS) is 10.8. The van der Waals surface area contributed by atoms with E-state index < -0.39 is 0 Å². The van der Waals surface area contributed by atoms with Crippen molar-refractivity contribution in [1.82, 2.24) is 14.8 Å². The third-order valence-electron chi connectivity index (χ3n) is 3.86. The molecule has 0 spiro atoms. The van der Waals surface area contributed by atoms with Crippen LogP contribution in [0, 0.1) is 0 Å². The molecule has 2 aromatic carbocycles. The smallest absolute Gasteiger partial charge is 0.230 e. The van der Waals surface area contributed by atoms with Crippen molar-refractivity contribution in [3.05, 3.63) is 66.5 Å². The van der Waals surface area contributed by atoms with Crippen LogP contribution in [0.25, 0.3) is 15.9 Å². The molecular formula is C19H16N4O2S. The van der Waals surface area contributed by atoms with Crippen LogP contribution in [-0.2, 0) is 11.2 Å². The van der Waals surface area contributed by atoms with Gasteiger partial charge in [-0.15, -0.1) is 0 Å². The van der Waals surface area contributed by atoms with Crippen molar-refractivity contribution in [1.29, 1.82) is 0 Å². The van der Waals surface area contributed by atoms with Crippen LogP contribution in [-0.4, -0.2) is 27.8 Å². The van der Waals surface area contributed by atoms with Crippen LogP contribution in [0.5, 0.6) is 5.75 Å². The van der Waals surface area contributed by atoms with E-state index >= 15 is 0 Å². The molecule has 0 unspecified atom stereocenters. The highest BCUT2D eigenvalue weighted by Gasteiger charge is 2.11.